The highest BCUT2D eigenvalue weighted by molar-refractivity contribution is 8.01. The first-order valence-electron chi connectivity index (χ1n) is 6.02. The molecule has 2 saturated heterocycles. The van der Waals surface area contributed by atoms with E-state index in [-0.39, 0.29) is 10.9 Å². The molecule has 1 spiro atoms. The number of carboxylic acids is 1. The Kier molecular flexibility index (Phi) is 3.77. The van der Waals surface area contributed by atoms with E-state index in [2.05, 4.69) is 17.1 Å². The summed E-state index contributed by atoms with van der Waals surface area (Å²) in [6.45, 7) is 5.57. The number of aliphatic carboxylic acids is 1. The van der Waals surface area contributed by atoms with Crippen LogP contribution in [0.4, 0.5) is 0 Å². The van der Waals surface area contributed by atoms with Crippen LogP contribution in [0, 0.1) is 0 Å². The van der Waals surface area contributed by atoms with E-state index in [0.717, 1.165) is 25.9 Å². The van der Waals surface area contributed by atoms with Crippen molar-refractivity contribution in [3.8, 4) is 0 Å². The Bertz CT molecular complexity index is 265. The van der Waals surface area contributed by atoms with E-state index in [1.54, 1.807) is 11.8 Å². The first-order chi connectivity index (χ1) is 7.65. The summed E-state index contributed by atoms with van der Waals surface area (Å²) in [7, 11) is 0. The van der Waals surface area contributed by atoms with Gasteiger partial charge in [-0.1, -0.05) is 6.92 Å². The SMILES string of the molecule is CCCN1CCC2(CC1)NC(C(=O)O)CS2. The number of hydrogen-bond donors (Lipinski definition) is 2. The predicted molar refractivity (Wildman–Crippen MR) is 65.7 cm³/mol. The first kappa shape index (κ1) is 12.2. The number of nitrogens with zero attached hydrogens (tertiary/aromatic N) is 1. The summed E-state index contributed by atoms with van der Waals surface area (Å²) < 4.78 is 0. The number of piperidine rings is 1. The largest absolute Gasteiger partial charge is 0.480 e. The predicted octanol–water partition coefficient (Wildman–Crippen LogP) is 0.978. The molecule has 2 aliphatic rings. The minimum absolute atomic E-state index is 0.0489. The smallest absolute Gasteiger partial charge is 0.321 e. The van der Waals surface area contributed by atoms with Crippen molar-refractivity contribution >= 4 is 17.7 Å². The van der Waals surface area contributed by atoms with Crippen molar-refractivity contribution in [2.45, 2.75) is 37.1 Å². The number of nitrogens with one attached hydrogen (secondary N) is 1. The second-order valence-electron chi connectivity index (χ2n) is 4.68. The van der Waals surface area contributed by atoms with Crippen molar-refractivity contribution in [3.63, 3.8) is 0 Å². The van der Waals surface area contributed by atoms with E-state index in [1.165, 1.54) is 13.0 Å². The molecule has 0 radical (unpaired) electrons. The van der Waals surface area contributed by atoms with E-state index < -0.39 is 5.97 Å². The monoisotopic (exact) mass is 244 g/mol. The maximum Gasteiger partial charge on any atom is 0.321 e. The third-order valence-electron chi connectivity index (χ3n) is 3.47. The number of thioether (sulfide) groups is 1. The van der Waals surface area contributed by atoms with Gasteiger partial charge in [-0.15, -0.1) is 11.8 Å². The lowest BCUT2D eigenvalue weighted by atomic mass is 10.0. The lowest BCUT2D eigenvalue weighted by Crippen LogP contribution is -2.51. The molecule has 2 rings (SSSR count). The van der Waals surface area contributed by atoms with Gasteiger partial charge in [-0.3, -0.25) is 10.1 Å². The molecule has 2 heterocycles. The third kappa shape index (κ3) is 2.52. The standard InChI is InChI=1S/C11H20N2O2S/c1-2-5-13-6-3-11(4-7-13)12-9(8-16-11)10(14)15/h9,12H,2-8H2,1H3,(H,14,15). The van der Waals surface area contributed by atoms with E-state index in [1.807, 2.05) is 0 Å². The van der Waals surface area contributed by atoms with E-state index >= 15 is 0 Å². The summed E-state index contributed by atoms with van der Waals surface area (Å²) in [5, 5.41) is 12.3. The van der Waals surface area contributed by atoms with Crippen LogP contribution in [0.2, 0.25) is 0 Å². The highest BCUT2D eigenvalue weighted by Crippen LogP contribution is 2.39. The van der Waals surface area contributed by atoms with Crippen molar-refractivity contribution in [1.29, 1.82) is 0 Å². The molecule has 0 aromatic heterocycles. The maximum absolute atomic E-state index is 10.9. The van der Waals surface area contributed by atoms with Gasteiger partial charge in [-0.25, -0.2) is 0 Å². The molecule has 5 heteroatoms. The Labute approximate surface area is 101 Å². The molecule has 2 N–H and O–H groups in total. The molecule has 0 aliphatic carbocycles. The highest BCUT2D eigenvalue weighted by atomic mass is 32.2. The van der Waals surface area contributed by atoms with Gasteiger partial charge in [-0.2, -0.15) is 0 Å². The van der Waals surface area contributed by atoms with Gasteiger partial charge >= 0.3 is 5.97 Å². The molecular formula is C11H20N2O2S. The van der Waals surface area contributed by atoms with Gasteiger partial charge in [0.05, 0.1) is 4.87 Å². The van der Waals surface area contributed by atoms with Crippen LogP contribution < -0.4 is 5.32 Å². The van der Waals surface area contributed by atoms with Crippen LogP contribution in [0.15, 0.2) is 0 Å². The minimum atomic E-state index is -0.708. The zero-order chi connectivity index (χ0) is 11.6. The molecule has 4 nitrogen and oxygen atoms in total. The topological polar surface area (TPSA) is 52.6 Å². The summed E-state index contributed by atoms with van der Waals surface area (Å²) >= 11 is 1.80. The Balaban J connectivity index is 1.86. The summed E-state index contributed by atoms with van der Waals surface area (Å²) in [6, 6.07) is -0.345. The number of carboxylic acid groups (broad SMARTS) is 1. The van der Waals surface area contributed by atoms with Gasteiger partial charge in [-0.05, 0) is 25.8 Å². The molecule has 1 unspecified atom stereocenters. The summed E-state index contributed by atoms with van der Waals surface area (Å²) in [6.07, 6.45) is 3.34. The Morgan fingerprint density at radius 2 is 2.25 bits per heavy atom. The van der Waals surface area contributed by atoms with Gasteiger partial charge < -0.3 is 10.0 Å². The summed E-state index contributed by atoms with van der Waals surface area (Å²) in [5.41, 5.74) is 0. The molecule has 0 aromatic carbocycles. The van der Waals surface area contributed by atoms with E-state index in [9.17, 15) is 4.79 Å². The minimum Gasteiger partial charge on any atom is -0.480 e. The van der Waals surface area contributed by atoms with Gasteiger partial charge in [0.2, 0.25) is 0 Å². The molecule has 0 amide bonds. The van der Waals surface area contributed by atoms with Crippen molar-refractivity contribution < 1.29 is 9.90 Å². The zero-order valence-electron chi connectivity index (χ0n) is 9.74. The second-order valence-corrected chi connectivity index (χ2v) is 6.09. The van der Waals surface area contributed by atoms with Gasteiger partial charge in [0.25, 0.3) is 0 Å². The van der Waals surface area contributed by atoms with Gasteiger partial charge in [0.15, 0.2) is 0 Å². The number of hydrogen-bond acceptors (Lipinski definition) is 4. The van der Waals surface area contributed by atoms with Crippen LogP contribution in [0.3, 0.4) is 0 Å². The molecule has 0 aromatic rings. The van der Waals surface area contributed by atoms with Crippen LogP contribution in [-0.4, -0.2) is 52.3 Å². The Morgan fingerprint density at radius 3 is 2.75 bits per heavy atom. The van der Waals surface area contributed by atoms with Crippen molar-refractivity contribution in [3.05, 3.63) is 0 Å². The lowest BCUT2D eigenvalue weighted by molar-refractivity contribution is -0.139. The molecule has 0 saturated carbocycles. The van der Waals surface area contributed by atoms with Crippen molar-refractivity contribution in [2.75, 3.05) is 25.4 Å². The van der Waals surface area contributed by atoms with Crippen LogP contribution in [0.1, 0.15) is 26.2 Å². The van der Waals surface area contributed by atoms with Crippen LogP contribution >= 0.6 is 11.8 Å². The molecule has 2 fully saturated rings. The maximum atomic E-state index is 10.9. The fraction of sp³-hybridized carbons (Fsp3) is 0.909. The molecule has 0 bridgehead atoms. The third-order valence-corrected chi connectivity index (χ3v) is 5.04. The normalized spacial score (nSPS) is 29.7. The van der Waals surface area contributed by atoms with E-state index in [0.29, 0.717) is 5.75 Å². The van der Waals surface area contributed by atoms with Gasteiger partial charge in [0.1, 0.15) is 6.04 Å². The molecular weight excluding hydrogens is 224 g/mol. The fourth-order valence-corrected chi connectivity index (χ4v) is 3.93. The number of carbonyl (C=O) groups is 1. The van der Waals surface area contributed by atoms with Crippen molar-refractivity contribution in [1.82, 2.24) is 10.2 Å². The van der Waals surface area contributed by atoms with Crippen LogP contribution in [-0.2, 0) is 4.79 Å². The fourth-order valence-electron chi connectivity index (χ4n) is 2.52. The average Bonchev–Trinajstić information content (AvgIpc) is 2.67. The van der Waals surface area contributed by atoms with Crippen LogP contribution in [0.5, 0.6) is 0 Å². The number of rotatable bonds is 3. The first-order valence-corrected chi connectivity index (χ1v) is 7.00. The zero-order valence-corrected chi connectivity index (χ0v) is 10.6. The summed E-state index contributed by atoms with van der Waals surface area (Å²) in [4.78, 5) is 13.4. The molecule has 16 heavy (non-hydrogen) atoms. The molecule has 2 aliphatic heterocycles. The van der Waals surface area contributed by atoms with Crippen molar-refractivity contribution in [2.24, 2.45) is 0 Å². The van der Waals surface area contributed by atoms with E-state index in [4.69, 9.17) is 5.11 Å². The lowest BCUT2D eigenvalue weighted by Gasteiger charge is -2.39. The van der Waals surface area contributed by atoms with Crippen LogP contribution in [0.25, 0.3) is 0 Å². The molecule has 92 valence electrons. The second kappa shape index (κ2) is 4.94. The average molecular weight is 244 g/mol. The quantitative estimate of drug-likeness (QED) is 0.775. The molecule has 1 atom stereocenters. The summed E-state index contributed by atoms with van der Waals surface area (Å²) in [5.74, 6) is 0.00342. The van der Waals surface area contributed by atoms with Gasteiger partial charge in [0, 0.05) is 18.8 Å². The highest BCUT2D eigenvalue weighted by Gasteiger charge is 2.43. The Hall–Kier alpha value is -0.260. The Morgan fingerprint density at radius 1 is 1.56 bits per heavy atom. The number of likely N-dealkylation sites (tertiary alicyclic amines) is 1.